The van der Waals surface area contributed by atoms with Gasteiger partial charge in [0.1, 0.15) is 6.61 Å². The molecule has 0 fully saturated rings. The van der Waals surface area contributed by atoms with E-state index in [4.69, 9.17) is 16.3 Å². The lowest BCUT2D eigenvalue weighted by Crippen LogP contribution is -2.18. The van der Waals surface area contributed by atoms with Crippen LogP contribution in [0.2, 0.25) is 0 Å². The van der Waals surface area contributed by atoms with Crippen molar-refractivity contribution in [3.05, 3.63) is 89.5 Å². The summed E-state index contributed by atoms with van der Waals surface area (Å²) in [6.07, 6.45) is -0.468. The molecule has 0 aliphatic heterocycles. The topological polar surface area (TPSA) is 38.3 Å². The van der Waals surface area contributed by atoms with Crippen LogP contribution in [0.15, 0.2) is 72.8 Å². The number of benzene rings is 3. The van der Waals surface area contributed by atoms with Crippen LogP contribution in [-0.2, 0) is 10.6 Å². The van der Waals surface area contributed by atoms with E-state index >= 15 is 0 Å². The fourth-order valence-electron chi connectivity index (χ4n) is 3.50. The van der Waals surface area contributed by atoms with Crippen LogP contribution in [0.3, 0.4) is 0 Å². The molecule has 1 aliphatic rings. The van der Waals surface area contributed by atoms with E-state index in [2.05, 4.69) is 29.6 Å². The number of hydrogen-bond acceptors (Lipinski definition) is 2. The third-order valence-corrected chi connectivity index (χ3v) is 5.03. The Kier molecular flexibility index (Phi) is 4.63. The Morgan fingerprint density at radius 3 is 2.12 bits per heavy atom. The normalized spacial score (nSPS) is 12.3. The van der Waals surface area contributed by atoms with Crippen molar-refractivity contribution in [3.8, 4) is 11.1 Å². The minimum Gasteiger partial charge on any atom is -0.448 e. The minimum atomic E-state index is -0.468. The van der Waals surface area contributed by atoms with Crippen LogP contribution in [0.4, 0.5) is 10.5 Å². The summed E-state index contributed by atoms with van der Waals surface area (Å²) in [4.78, 5) is 12.3. The average molecular weight is 364 g/mol. The van der Waals surface area contributed by atoms with Gasteiger partial charge in [0, 0.05) is 17.5 Å². The van der Waals surface area contributed by atoms with Gasteiger partial charge in [0.2, 0.25) is 0 Å². The molecule has 0 spiro atoms. The average Bonchev–Trinajstić information content (AvgIpc) is 3.01. The first-order chi connectivity index (χ1) is 12.8. The molecule has 3 aromatic rings. The van der Waals surface area contributed by atoms with E-state index < -0.39 is 6.09 Å². The number of carbonyl (C=O) groups is 1. The second-order valence-electron chi connectivity index (χ2n) is 6.24. The summed E-state index contributed by atoms with van der Waals surface area (Å²) in [6.45, 7) is 0.295. The van der Waals surface area contributed by atoms with Crippen molar-refractivity contribution in [1.82, 2.24) is 0 Å². The fraction of sp³-hybridized carbons (Fsp3) is 0.136. The van der Waals surface area contributed by atoms with Crippen LogP contribution < -0.4 is 5.32 Å². The number of amides is 1. The maximum Gasteiger partial charge on any atom is 0.411 e. The van der Waals surface area contributed by atoms with Gasteiger partial charge in [0.25, 0.3) is 0 Å². The summed E-state index contributed by atoms with van der Waals surface area (Å²) in [7, 11) is 0. The summed E-state index contributed by atoms with van der Waals surface area (Å²) in [5.74, 6) is 0.385. The van der Waals surface area contributed by atoms with E-state index in [-0.39, 0.29) is 5.92 Å². The Hall–Kier alpha value is -2.78. The molecule has 0 bridgehead atoms. The first-order valence-electron chi connectivity index (χ1n) is 8.54. The molecule has 1 N–H and O–H groups in total. The van der Waals surface area contributed by atoms with Gasteiger partial charge >= 0.3 is 6.09 Å². The molecule has 0 atom stereocenters. The van der Waals surface area contributed by atoms with Crippen LogP contribution in [0.5, 0.6) is 0 Å². The molecule has 0 saturated heterocycles. The predicted molar refractivity (Wildman–Crippen MR) is 105 cm³/mol. The molecule has 1 amide bonds. The maximum atomic E-state index is 12.3. The number of anilines is 1. The Morgan fingerprint density at radius 2 is 1.46 bits per heavy atom. The Bertz CT molecular complexity index is 909. The van der Waals surface area contributed by atoms with Gasteiger partial charge in [-0.05, 0) is 33.9 Å². The Labute approximate surface area is 157 Å². The molecular weight excluding hydrogens is 346 g/mol. The zero-order valence-electron chi connectivity index (χ0n) is 14.1. The van der Waals surface area contributed by atoms with Crippen LogP contribution in [-0.4, -0.2) is 12.7 Å². The fourth-order valence-corrected chi connectivity index (χ4v) is 3.74. The van der Waals surface area contributed by atoms with Gasteiger partial charge in [-0.25, -0.2) is 4.79 Å². The van der Waals surface area contributed by atoms with Crippen LogP contribution in [0.1, 0.15) is 22.6 Å². The second kappa shape index (κ2) is 7.22. The monoisotopic (exact) mass is 363 g/mol. The Balaban J connectivity index is 1.50. The first-order valence-corrected chi connectivity index (χ1v) is 9.07. The van der Waals surface area contributed by atoms with E-state index in [0.717, 1.165) is 5.56 Å². The largest absolute Gasteiger partial charge is 0.448 e. The molecule has 0 radical (unpaired) electrons. The van der Waals surface area contributed by atoms with Gasteiger partial charge in [-0.3, -0.25) is 5.32 Å². The third-order valence-electron chi connectivity index (χ3n) is 4.74. The molecular formula is C22H18ClNO2. The number of carbonyl (C=O) groups excluding carboxylic acids is 1. The molecule has 3 aromatic carbocycles. The molecule has 4 heteroatoms. The van der Waals surface area contributed by atoms with E-state index in [9.17, 15) is 4.79 Å². The predicted octanol–water partition coefficient (Wildman–Crippen LogP) is 5.79. The molecule has 0 saturated carbocycles. The molecule has 1 aliphatic carbocycles. The van der Waals surface area contributed by atoms with E-state index in [1.807, 2.05) is 48.5 Å². The highest BCUT2D eigenvalue weighted by Gasteiger charge is 2.29. The second-order valence-corrected chi connectivity index (χ2v) is 6.51. The third kappa shape index (κ3) is 3.06. The molecule has 0 heterocycles. The molecule has 3 nitrogen and oxygen atoms in total. The summed E-state index contributed by atoms with van der Waals surface area (Å²) < 4.78 is 5.55. The molecule has 130 valence electrons. The van der Waals surface area contributed by atoms with Gasteiger partial charge < -0.3 is 4.74 Å². The van der Waals surface area contributed by atoms with E-state index in [0.29, 0.717) is 18.2 Å². The lowest BCUT2D eigenvalue weighted by atomic mass is 9.98. The zero-order chi connectivity index (χ0) is 17.9. The number of halogens is 1. The summed E-state index contributed by atoms with van der Waals surface area (Å²) in [6, 6.07) is 24.0. The quantitative estimate of drug-likeness (QED) is 0.596. The highest BCUT2D eigenvalue weighted by molar-refractivity contribution is 6.17. The van der Waals surface area contributed by atoms with E-state index in [1.54, 1.807) is 0 Å². The number of rotatable bonds is 4. The number of alkyl halides is 1. The standard InChI is InChI=1S/C22H18ClNO2/c23-13-15-7-1-6-12-21(15)24-22(25)26-14-20-18-10-4-2-8-16(18)17-9-3-5-11-19(17)20/h1-12,20H,13-14H2,(H,24,25). The van der Waals surface area contributed by atoms with Gasteiger partial charge in [-0.2, -0.15) is 0 Å². The van der Waals surface area contributed by atoms with Gasteiger partial charge in [-0.15, -0.1) is 11.6 Å². The van der Waals surface area contributed by atoms with Crippen molar-refractivity contribution in [2.75, 3.05) is 11.9 Å². The van der Waals surface area contributed by atoms with Crippen LogP contribution in [0.25, 0.3) is 11.1 Å². The van der Waals surface area contributed by atoms with Crippen LogP contribution in [0, 0.1) is 0 Å². The van der Waals surface area contributed by atoms with Gasteiger partial charge in [-0.1, -0.05) is 66.7 Å². The van der Waals surface area contributed by atoms with Crippen LogP contribution >= 0.6 is 11.6 Å². The molecule has 4 rings (SSSR count). The van der Waals surface area contributed by atoms with E-state index in [1.165, 1.54) is 22.3 Å². The molecule has 0 unspecified atom stereocenters. The van der Waals surface area contributed by atoms with Crippen molar-refractivity contribution in [2.45, 2.75) is 11.8 Å². The molecule has 0 aromatic heterocycles. The highest BCUT2D eigenvalue weighted by atomic mass is 35.5. The van der Waals surface area contributed by atoms with Crippen molar-refractivity contribution < 1.29 is 9.53 Å². The first kappa shape index (κ1) is 16.7. The van der Waals surface area contributed by atoms with Crippen molar-refractivity contribution >= 4 is 23.4 Å². The zero-order valence-corrected chi connectivity index (χ0v) is 14.9. The van der Waals surface area contributed by atoms with Crippen molar-refractivity contribution in [1.29, 1.82) is 0 Å². The number of hydrogen-bond donors (Lipinski definition) is 1. The number of para-hydroxylation sites is 1. The summed E-state index contributed by atoms with van der Waals surface area (Å²) in [5, 5.41) is 2.79. The SMILES string of the molecule is O=C(Nc1ccccc1CCl)OCC1c2ccccc2-c2ccccc21. The lowest BCUT2D eigenvalue weighted by Gasteiger charge is -2.15. The van der Waals surface area contributed by atoms with Crippen molar-refractivity contribution in [2.24, 2.45) is 0 Å². The smallest absolute Gasteiger partial charge is 0.411 e. The lowest BCUT2D eigenvalue weighted by molar-refractivity contribution is 0.158. The number of ether oxygens (including phenoxy) is 1. The van der Waals surface area contributed by atoms with Crippen molar-refractivity contribution in [3.63, 3.8) is 0 Å². The van der Waals surface area contributed by atoms with Gasteiger partial charge in [0.15, 0.2) is 0 Å². The summed E-state index contributed by atoms with van der Waals surface area (Å²) in [5.41, 5.74) is 6.36. The number of fused-ring (bicyclic) bond motifs is 3. The number of nitrogens with one attached hydrogen (secondary N) is 1. The highest BCUT2D eigenvalue weighted by Crippen LogP contribution is 2.44. The minimum absolute atomic E-state index is 0.0522. The van der Waals surface area contributed by atoms with Gasteiger partial charge in [0.05, 0.1) is 0 Å². The maximum absolute atomic E-state index is 12.3. The molecule has 26 heavy (non-hydrogen) atoms. The Morgan fingerprint density at radius 1 is 0.885 bits per heavy atom. The summed E-state index contributed by atoms with van der Waals surface area (Å²) >= 11 is 5.92.